The molecule has 1 aromatic carbocycles. The van der Waals surface area contributed by atoms with Crippen LogP contribution >= 0.6 is 11.6 Å². The molecule has 1 N–H and O–H groups in total. The van der Waals surface area contributed by atoms with Crippen molar-refractivity contribution in [2.24, 2.45) is 0 Å². The number of hydrogen-bond acceptors (Lipinski definition) is 3. The zero-order chi connectivity index (χ0) is 15.2. The molecule has 0 heterocycles. The Morgan fingerprint density at radius 2 is 2.10 bits per heavy atom. The third-order valence-corrected chi connectivity index (χ3v) is 3.96. The molecule has 21 heavy (non-hydrogen) atoms. The highest BCUT2D eigenvalue weighted by atomic mass is 35.5. The van der Waals surface area contributed by atoms with E-state index in [-0.39, 0.29) is 11.9 Å². The summed E-state index contributed by atoms with van der Waals surface area (Å²) < 4.78 is 5.59. The molecule has 1 aromatic rings. The predicted molar refractivity (Wildman–Crippen MR) is 81.9 cm³/mol. The fourth-order valence-corrected chi connectivity index (χ4v) is 2.71. The molecule has 0 aromatic heterocycles. The summed E-state index contributed by atoms with van der Waals surface area (Å²) in [5.41, 5.74) is 0.347. The van der Waals surface area contributed by atoms with Crippen LogP contribution in [-0.2, 0) is 4.79 Å². The average Bonchev–Trinajstić information content (AvgIpc) is 2.49. The number of rotatable bonds is 5. The summed E-state index contributed by atoms with van der Waals surface area (Å²) in [6.45, 7) is 1.68. The number of carbonyl (C=O) groups is 2. The molecule has 5 heteroatoms. The van der Waals surface area contributed by atoms with Gasteiger partial charge < -0.3 is 10.1 Å². The third-order valence-electron chi connectivity index (χ3n) is 3.72. The van der Waals surface area contributed by atoms with E-state index < -0.39 is 6.10 Å². The van der Waals surface area contributed by atoms with Crippen LogP contribution in [0.15, 0.2) is 18.2 Å². The maximum atomic E-state index is 12.1. The molecule has 1 aliphatic carbocycles. The largest absolute Gasteiger partial charge is 0.480 e. The maximum absolute atomic E-state index is 12.1. The lowest BCUT2D eigenvalue weighted by atomic mass is 9.95. The molecule has 1 unspecified atom stereocenters. The molecular formula is C16H20ClNO3. The Labute approximate surface area is 129 Å². The van der Waals surface area contributed by atoms with Gasteiger partial charge in [0.05, 0.1) is 5.56 Å². The summed E-state index contributed by atoms with van der Waals surface area (Å²) in [5, 5.41) is 3.47. The molecule has 0 aliphatic heterocycles. The average molecular weight is 310 g/mol. The fraction of sp³-hybridized carbons (Fsp3) is 0.500. The SMILES string of the molecule is CC(Oc1ccc(Cl)cc1C=O)C(=O)NC1CCCCC1. The predicted octanol–water partition coefficient (Wildman–Crippen LogP) is 3.37. The van der Waals surface area contributed by atoms with E-state index in [1.54, 1.807) is 19.1 Å². The van der Waals surface area contributed by atoms with Crippen LogP contribution < -0.4 is 10.1 Å². The zero-order valence-electron chi connectivity index (χ0n) is 12.1. The van der Waals surface area contributed by atoms with E-state index in [2.05, 4.69) is 5.32 Å². The molecule has 2 rings (SSSR count). The summed E-state index contributed by atoms with van der Waals surface area (Å²) in [4.78, 5) is 23.1. The third kappa shape index (κ3) is 4.46. The quantitative estimate of drug-likeness (QED) is 0.848. The van der Waals surface area contributed by atoms with E-state index in [9.17, 15) is 9.59 Å². The standard InChI is InChI=1S/C16H20ClNO3/c1-11(16(20)18-14-5-3-2-4-6-14)21-15-8-7-13(17)9-12(15)10-19/h7-11,14H,2-6H2,1H3,(H,18,20). The van der Waals surface area contributed by atoms with Gasteiger partial charge in [0.2, 0.25) is 0 Å². The van der Waals surface area contributed by atoms with Gasteiger partial charge in [0, 0.05) is 11.1 Å². The minimum Gasteiger partial charge on any atom is -0.480 e. The second kappa shape index (κ2) is 7.46. The second-order valence-electron chi connectivity index (χ2n) is 5.40. The van der Waals surface area contributed by atoms with Crippen molar-refractivity contribution in [1.29, 1.82) is 0 Å². The van der Waals surface area contributed by atoms with Gasteiger partial charge >= 0.3 is 0 Å². The van der Waals surface area contributed by atoms with Crippen molar-refractivity contribution in [3.8, 4) is 5.75 Å². The van der Waals surface area contributed by atoms with Gasteiger partial charge in [-0.15, -0.1) is 0 Å². The van der Waals surface area contributed by atoms with Gasteiger partial charge in [-0.1, -0.05) is 30.9 Å². The van der Waals surface area contributed by atoms with Gasteiger partial charge in [-0.05, 0) is 38.0 Å². The highest BCUT2D eigenvalue weighted by Crippen LogP contribution is 2.23. The highest BCUT2D eigenvalue weighted by molar-refractivity contribution is 6.30. The van der Waals surface area contributed by atoms with Crippen LogP contribution in [0.2, 0.25) is 5.02 Å². The van der Waals surface area contributed by atoms with Gasteiger partial charge in [-0.3, -0.25) is 9.59 Å². The first-order valence-corrected chi connectivity index (χ1v) is 7.69. The highest BCUT2D eigenvalue weighted by Gasteiger charge is 2.21. The maximum Gasteiger partial charge on any atom is 0.260 e. The van der Waals surface area contributed by atoms with E-state index >= 15 is 0 Å². The number of ether oxygens (including phenoxy) is 1. The lowest BCUT2D eigenvalue weighted by Gasteiger charge is -2.24. The Bertz CT molecular complexity index is 512. The number of nitrogens with one attached hydrogen (secondary N) is 1. The van der Waals surface area contributed by atoms with E-state index in [0.717, 1.165) is 25.7 Å². The monoisotopic (exact) mass is 309 g/mol. The van der Waals surface area contributed by atoms with Crippen molar-refractivity contribution < 1.29 is 14.3 Å². The van der Waals surface area contributed by atoms with Crippen molar-refractivity contribution in [3.63, 3.8) is 0 Å². The van der Waals surface area contributed by atoms with E-state index in [1.165, 1.54) is 12.5 Å². The minimum absolute atomic E-state index is 0.145. The molecule has 1 aliphatic rings. The van der Waals surface area contributed by atoms with Crippen molar-refractivity contribution >= 4 is 23.8 Å². The lowest BCUT2D eigenvalue weighted by molar-refractivity contribution is -0.128. The van der Waals surface area contributed by atoms with Crippen LogP contribution in [0.3, 0.4) is 0 Å². The van der Waals surface area contributed by atoms with Crippen LogP contribution in [0.5, 0.6) is 5.75 Å². The first-order valence-electron chi connectivity index (χ1n) is 7.32. The number of carbonyl (C=O) groups excluding carboxylic acids is 2. The van der Waals surface area contributed by atoms with Crippen molar-refractivity contribution in [2.45, 2.75) is 51.2 Å². The molecule has 114 valence electrons. The first-order chi connectivity index (χ1) is 10.1. The minimum atomic E-state index is -0.646. The summed E-state index contributed by atoms with van der Waals surface area (Å²) in [6, 6.07) is 5.01. The number of aldehydes is 1. The molecule has 0 bridgehead atoms. The van der Waals surface area contributed by atoms with Crippen LogP contribution in [0.25, 0.3) is 0 Å². The van der Waals surface area contributed by atoms with Crippen LogP contribution in [0, 0.1) is 0 Å². The lowest BCUT2D eigenvalue weighted by Crippen LogP contribution is -2.43. The molecule has 1 saturated carbocycles. The van der Waals surface area contributed by atoms with Gasteiger partial charge in [0.1, 0.15) is 5.75 Å². The number of hydrogen-bond donors (Lipinski definition) is 1. The van der Waals surface area contributed by atoms with Crippen LogP contribution in [-0.4, -0.2) is 24.3 Å². The molecular weight excluding hydrogens is 290 g/mol. The number of amides is 1. The van der Waals surface area contributed by atoms with E-state index in [4.69, 9.17) is 16.3 Å². The molecule has 0 radical (unpaired) electrons. The zero-order valence-corrected chi connectivity index (χ0v) is 12.9. The molecule has 1 atom stereocenters. The smallest absolute Gasteiger partial charge is 0.260 e. The topological polar surface area (TPSA) is 55.4 Å². The Balaban J connectivity index is 1.95. The van der Waals surface area contributed by atoms with Crippen molar-refractivity contribution in [1.82, 2.24) is 5.32 Å². The Kier molecular flexibility index (Phi) is 5.62. The van der Waals surface area contributed by atoms with E-state index in [0.29, 0.717) is 22.6 Å². The number of benzene rings is 1. The fourth-order valence-electron chi connectivity index (χ4n) is 2.53. The molecule has 4 nitrogen and oxygen atoms in total. The van der Waals surface area contributed by atoms with Crippen LogP contribution in [0.4, 0.5) is 0 Å². The summed E-state index contributed by atoms with van der Waals surface area (Å²) in [5.74, 6) is 0.231. The normalized spacial score (nSPS) is 17.0. The summed E-state index contributed by atoms with van der Waals surface area (Å²) in [7, 11) is 0. The molecule has 0 saturated heterocycles. The van der Waals surface area contributed by atoms with Crippen molar-refractivity contribution in [2.75, 3.05) is 0 Å². The van der Waals surface area contributed by atoms with E-state index in [1.807, 2.05) is 0 Å². The Morgan fingerprint density at radius 1 is 1.38 bits per heavy atom. The summed E-state index contributed by atoms with van der Waals surface area (Å²) in [6.07, 6.45) is 5.64. The first kappa shape index (κ1) is 15.8. The van der Waals surface area contributed by atoms with Gasteiger partial charge in [-0.25, -0.2) is 0 Å². The van der Waals surface area contributed by atoms with Gasteiger partial charge in [0.15, 0.2) is 12.4 Å². The van der Waals surface area contributed by atoms with Gasteiger partial charge in [0.25, 0.3) is 5.91 Å². The second-order valence-corrected chi connectivity index (χ2v) is 5.84. The summed E-state index contributed by atoms with van der Waals surface area (Å²) >= 11 is 5.83. The molecule has 1 amide bonds. The Hall–Kier alpha value is -1.55. The molecule has 0 spiro atoms. The molecule has 1 fully saturated rings. The number of halogens is 1. The van der Waals surface area contributed by atoms with Crippen LogP contribution in [0.1, 0.15) is 49.4 Å². The Morgan fingerprint density at radius 3 is 2.76 bits per heavy atom. The van der Waals surface area contributed by atoms with Gasteiger partial charge in [-0.2, -0.15) is 0 Å². The van der Waals surface area contributed by atoms with Crippen molar-refractivity contribution in [3.05, 3.63) is 28.8 Å².